The van der Waals surface area contributed by atoms with Crippen LogP contribution in [0.5, 0.6) is 23.1 Å². The molecule has 1 aliphatic rings. The van der Waals surface area contributed by atoms with E-state index >= 15 is 0 Å². The van der Waals surface area contributed by atoms with Gasteiger partial charge in [0.15, 0.2) is 23.0 Å². The Balaban J connectivity index is 1.46. The van der Waals surface area contributed by atoms with Crippen molar-refractivity contribution in [1.82, 2.24) is 19.6 Å². The Labute approximate surface area is 219 Å². The number of hydrogen-bond donors (Lipinski definition) is 0. The molecule has 6 aromatic rings. The van der Waals surface area contributed by atoms with E-state index in [4.69, 9.17) is 29.3 Å². The average molecular weight is 501 g/mol. The molecule has 4 aromatic carbocycles. The lowest BCUT2D eigenvalue weighted by Gasteiger charge is -2.29. The van der Waals surface area contributed by atoms with E-state index < -0.39 is 0 Å². The van der Waals surface area contributed by atoms with Gasteiger partial charge in [-0.05, 0) is 28.6 Å². The van der Waals surface area contributed by atoms with Crippen LogP contribution in [0.3, 0.4) is 0 Å². The van der Waals surface area contributed by atoms with E-state index in [9.17, 15) is 0 Å². The third-order valence-electron chi connectivity index (χ3n) is 7.09. The van der Waals surface area contributed by atoms with Gasteiger partial charge in [-0.2, -0.15) is 0 Å². The van der Waals surface area contributed by atoms with Gasteiger partial charge in [0.05, 0.1) is 19.8 Å². The summed E-state index contributed by atoms with van der Waals surface area (Å²) in [6.07, 6.45) is 2.30. The summed E-state index contributed by atoms with van der Waals surface area (Å²) in [6.45, 7) is 0. The van der Waals surface area contributed by atoms with Crippen molar-refractivity contribution >= 4 is 16.4 Å². The molecule has 0 spiro atoms. The smallest absolute Gasteiger partial charge is 0.228 e. The molecule has 0 bridgehead atoms. The summed E-state index contributed by atoms with van der Waals surface area (Å²) >= 11 is 0. The van der Waals surface area contributed by atoms with Gasteiger partial charge < -0.3 is 14.2 Å². The van der Waals surface area contributed by atoms with Crippen LogP contribution in [0.15, 0.2) is 91.3 Å². The van der Waals surface area contributed by atoms with Crippen LogP contribution in [0.2, 0.25) is 0 Å². The number of nitrogens with zero attached hydrogens (tertiary/aromatic N) is 4. The summed E-state index contributed by atoms with van der Waals surface area (Å²) < 4.78 is 19.5. The van der Waals surface area contributed by atoms with Crippen LogP contribution in [0.25, 0.3) is 16.4 Å². The van der Waals surface area contributed by atoms with Crippen molar-refractivity contribution in [2.75, 3.05) is 14.2 Å². The fraction of sp³-hybridized carbons (Fsp3) is 0.129. The van der Waals surface area contributed by atoms with E-state index in [1.807, 2.05) is 42.5 Å². The number of aromatic nitrogens is 4. The summed E-state index contributed by atoms with van der Waals surface area (Å²) in [7, 11) is 3.29. The summed E-state index contributed by atoms with van der Waals surface area (Å²) in [4.78, 5) is 9.69. The SMILES string of the molecule is COc1ccc([C@H]2c3ccc4ccccc4c3Oc3ncn4nc(Cc5ccccc5)nc4c32)cc1OC. The summed E-state index contributed by atoms with van der Waals surface area (Å²) in [5, 5.41) is 6.90. The van der Waals surface area contributed by atoms with E-state index in [1.165, 1.54) is 0 Å². The van der Waals surface area contributed by atoms with Crippen LogP contribution in [0.1, 0.15) is 34.0 Å². The summed E-state index contributed by atoms with van der Waals surface area (Å²) in [6, 6.07) is 28.7. The second kappa shape index (κ2) is 8.88. The first-order valence-corrected chi connectivity index (χ1v) is 12.4. The molecule has 3 heterocycles. The third kappa shape index (κ3) is 3.55. The molecular formula is C31H24N4O3. The zero-order valence-electron chi connectivity index (χ0n) is 21.0. The molecule has 0 radical (unpaired) electrons. The maximum absolute atomic E-state index is 6.53. The van der Waals surface area contributed by atoms with Gasteiger partial charge in [0.2, 0.25) is 5.88 Å². The number of hydrogen-bond acceptors (Lipinski definition) is 6. The molecule has 38 heavy (non-hydrogen) atoms. The highest BCUT2D eigenvalue weighted by atomic mass is 16.5. The standard InChI is InChI=1S/C31H24N4O3/c1-36-24-15-13-21(17-25(24)37-2)27-23-14-12-20-10-6-7-11-22(20)29(23)38-31-28(27)30-33-26(34-35(30)18-32-31)16-19-8-4-3-5-9-19/h3-15,17-18,27H,16H2,1-2H3/t27-/m0/s1. The molecule has 0 unspecified atom stereocenters. The molecule has 7 heteroatoms. The van der Waals surface area contributed by atoms with E-state index in [-0.39, 0.29) is 5.92 Å². The van der Waals surface area contributed by atoms with Crippen LogP contribution in [-0.2, 0) is 6.42 Å². The molecule has 0 aliphatic carbocycles. The first-order valence-electron chi connectivity index (χ1n) is 12.4. The predicted molar refractivity (Wildman–Crippen MR) is 145 cm³/mol. The zero-order chi connectivity index (χ0) is 25.6. The molecule has 0 saturated carbocycles. The molecule has 186 valence electrons. The van der Waals surface area contributed by atoms with Crippen molar-refractivity contribution in [3.05, 3.63) is 119 Å². The highest BCUT2D eigenvalue weighted by molar-refractivity contribution is 5.91. The minimum atomic E-state index is -0.205. The Morgan fingerprint density at radius 3 is 2.53 bits per heavy atom. The Hall–Kier alpha value is -4.91. The Morgan fingerprint density at radius 2 is 1.68 bits per heavy atom. The van der Waals surface area contributed by atoms with Crippen LogP contribution in [-0.4, -0.2) is 33.8 Å². The lowest BCUT2D eigenvalue weighted by atomic mass is 9.82. The molecule has 7 rings (SSSR count). The van der Waals surface area contributed by atoms with E-state index in [0.29, 0.717) is 23.8 Å². The minimum absolute atomic E-state index is 0.205. The van der Waals surface area contributed by atoms with Gasteiger partial charge in [0.25, 0.3) is 0 Å². The van der Waals surface area contributed by atoms with Crippen LogP contribution in [0, 0.1) is 0 Å². The Morgan fingerprint density at radius 1 is 0.868 bits per heavy atom. The van der Waals surface area contributed by atoms with Crippen molar-refractivity contribution < 1.29 is 14.2 Å². The molecule has 1 atom stereocenters. The van der Waals surface area contributed by atoms with Gasteiger partial charge in [0, 0.05) is 23.3 Å². The molecule has 2 aromatic heterocycles. The van der Waals surface area contributed by atoms with E-state index in [0.717, 1.165) is 50.2 Å². The quantitative estimate of drug-likeness (QED) is 0.281. The number of fused-ring (bicyclic) bond motifs is 6. The number of rotatable bonds is 5. The van der Waals surface area contributed by atoms with E-state index in [1.54, 1.807) is 25.1 Å². The highest BCUT2D eigenvalue weighted by Crippen LogP contribution is 2.51. The number of ether oxygens (including phenoxy) is 3. The van der Waals surface area contributed by atoms with Gasteiger partial charge >= 0.3 is 0 Å². The van der Waals surface area contributed by atoms with Gasteiger partial charge in [-0.1, -0.05) is 72.8 Å². The first kappa shape index (κ1) is 22.3. The van der Waals surface area contributed by atoms with Crippen molar-refractivity contribution in [3.63, 3.8) is 0 Å². The van der Waals surface area contributed by atoms with Gasteiger partial charge in [0.1, 0.15) is 12.1 Å². The Kier molecular flexibility index (Phi) is 5.21. The second-order valence-electron chi connectivity index (χ2n) is 9.28. The maximum Gasteiger partial charge on any atom is 0.228 e. The van der Waals surface area contributed by atoms with Gasteiger partial charge in [-0.15, -0.1) is 5.10 Å². The molecule has 1 aliphatic heterocycles. The van der Waals surface area contributed by atoms with Crippen molar-refractivity contribution in [2.45, 2.75) is 12.3 Å². The largest absolute Gasteiger partial charge is 0.493 e. The molecule has 0 saturated heterocycles. The molecule has 0 amide bonds. The fourth-order valence-electron chi connectivity index (χ4n) is 5.32. The van der Waals surface area contributed by atoms with Gasteiger partial charge in [-0.25, -0.2) is 14.5 Å². The molecule has 0 N–H and O–H groups in total. The number of benzene rings is 4. The summed E-state index contributed by atoms with van der Waals surface area (Å²) in [5.41, 5.74) is 4.79. The maximum atomic E-state index is 6.53. The first-order chi connectivity index (χ1) is 18.7. The fourth-order valence-corrected chi connectivity index (χ4v) is 5.32. The lowest BCUT2D eigenvalue weighted by Crippen LogP contribution is -2.15. The predicted octanol–water partition coefficient (Wildman–Crippen LogP) is 6.17. The monoisotopic (exact) mass is 500 g/mol. The lowest BCUT2D eigenvalue weighted by molar-refractivity contribution is 0.354. The Bertz CT molecular complexity index is 1810. The van der Waals surface area contributed by atoms with E-state index in [2.05, 4.69) is 42.5 Å². The topological polar surface area (TPSA) is 70.8 Å². The van der Waals surface area contributed by atoms with Gasteiger partial charge in [-0.3, -0.25) is 0 Å². The van der Waals surface area contributed by atoms with Crippen molar-refractivity contribution in [3.8, 4) is 23.1 Å². The zero-order valence-corrected chi connectivity index (χ0v) is 21.0. The third-order valence-corrected chi connectivity index (χ3v) is 7.09. The average Bonchev–Trinajstić information content (AvgIpc) is 3.38. The highest BCUT2D eigenvalue weighted by Gasteiger charge is 2.34. The van der Waals surface area contributed by atoms with Crippen LogP contribution >= 0.6 is 0 Å². The molecule has 7 nitrogen and oxygen atoms in total. The second-order valence-corrected chi connectivity index (χ2v) is 9.28. The van der Waals surface area contributed by atoms with Crippen LogP contribution in [0.4, 0.5) is 0 Å². The van der Waals surface area contributed by atoms with Crippen LogP contribution < -0.4 is 14.2 Å². The van der Waals surface area contributed by atoms with Crippen molar-refractivity contribution in [1.29, 1.82) is 0 Å². The summed E-state index contributed by atoms with van der Waals surface area (Å²) in [5.74, 6) is 3.18. The normalized spacial score (nSPS) is 14.1. The molecular weight excluding hydrogens is 476 g/mol. The van der Waals surface area contributed by atoms with Crippen molar-refractivity contribution in [2.24, 2.45) is 0 Å². The minimum Gasteiger partial charge on any atom is -0.493 e. The molecule has 0 fully saturated rings. The number of methoxy groups -OCH3 is 2.